The number of allylic oxidation sites excluding steroid dienone is 3. The van der Waals surface area contributed by atoms with Gasteiger partial charge in [0, 0.05) is 37.1 Å². The molecule has 0 radical (unpaired) electrons. The molecule has 0 aliphatic heterocycles. The normalized spacial score (nSPS) is 13.0. The summed E-state index contributed by atoms with van der Waals surface area (Å²) in [5, 5.41) is 25.9. The lowest BCUT2D eigenvalue weighted by Gasteiger charge is -2.18. The Morgan fingerprint density at radius 2 is 0.857 bits per heavy atom. The number of aliphatic hydroxyl groups excluding tert-OH is 2. The minimum Gasteiger partial charge on any atom is -0.462 e. The van der Waals surface area contributed by atoms with Gasteiger partial charge >= 0.3 is 30.1 Å². The molecule has 0 spiro atoms. The molecule has 0 aliphatic carbocycles. The number of unbranched alkanes of at least 4 members (excludes halogenated alkanes) is 25. The highest BCUT2D eigenvalue weighted by atomic mass is 16.6. The van der Waals surface area contributed by atoms with Crippen molar-refractivity contribution in [2.24, 2.45) is 0 Å². The highest BCUT2D eigenvalue weighted by molar-refractivity contribution is 5.89. The average Bonchev–Trinajstić information content (AvgIpc) is 3.67. The van der Waals surface area contributed by atoms with E-state index in [0.29, 0.717) is 50.1 Å². The molecular weight excluding hydrogens is 1060 g/mol. The van der Waals surface area contributed by atoms with Gasteiger partial charge in [-0.15, -0.1) is 0 Å². The van der Waals surface area contributed by atoms with Gasteiger partial charge in [-0.05, 0) is 127 Å². The van der Waals surface area contributed by atoms with Crippen LogP contribution in [0.3, 0.4) is 0 Å². The van der Waals surface area contributed by atoms with Crippen molar-refractivity contribution < 1.29 is 57.9 Å². The quantitative estimate of drug-likeness (QED) is 0.0209. The topological polar surface area (TPSA) is 196 Å². The largest absolute Gasteiger partial charge is 0.462 e. The molecule has 0 fully saturated rings. The summed E-state index contributed by atoms with van der Waals surface area (Å²) in [4.78, 5) is 63.9. The van der Waals surface area contributed by atoms with Crippen molar-refractivity contribution in [3.05, 3.63) is 60.2 Å². The third-order valence-electron chi connectivity index (χ3n) is 15.0. The number of esters is 3. The molecule has 0 saturated heterocycles. The van der Waals surface area contributed by atoms with Gasteiger partial charge < -0.3 is 33.9 Å². The minimum absolute atomic E-state index is 0.161. The molecule has 1 rings (SSSR count). The van der Waals surface area contributed by atoms with Crippen LogP contribution in [0.5, 0.6) is 0 Å². The number of hydrogen-bond donors (Lipinski definition) is 4. The molecular formula is C70H120N2O12. The maximum Gasteiger partial charge on any atom is 0.411 e. The van der Waals surface area contributed by atoms with Gasteiger partial charge in [0.1, 0.15) is 19.3 Å². The summed E-state index contributed by atoms with van der Waals surface area (Å²) in [6.07, 6.45) is 47.8. The first kappa shape index (κ1) is 77.3. The highest BCUT2D eigenvalue weighted by Crippen LogP contribution is 2.23. The maximum atomic E-state index is 13.0. The SMILES string of the molecule is CCCCCCC(O)C/C=C\CCCCCCCC(=O)OCC(COC(=O)CCCCCCC/C=C/CC(CCCCCC)OC(=O)Nc1ccc(C)c(NC(=O)OCCCC)c1)OC(=O)CCCCCCC/C=C\CC(O)CCCCCC. The summed E-state index contributed by atoms with van der Waals surface area (Å²) < 4.78 is 28.0. The molecule has 4 atom stereocenters. The van der Waals surface area contributed by atoms with Crippen molar-refractivity contribution in [3.63, 3.8) is 0 Å². The van der Waals surface area contributed by atoms with Gasteiger partial charge in [0.25, 0.3) is 0 Å². The van der Waals surface area contributed by atoms with Crippen LogP contribution in [-0.4, -0.2) is 84.5 Å². The van der Waals surface area contributed by atoms with Crippen LogP contribution in [0.1, 0.15) is 297 Å². The van der Waals surface area contributed by atoms with E-state index in [-0.39, 0.29) is 62.7 Å². The van der Waals surface area contributed by atoms with Gasteiger partial charge in [0.05, 0.1) is 18.8 Å². The summed E-state index contributed by atoms with van der Waals surface area (Å²) in [6, 6.07) is 5.31. The van der Waals surface area contributed by atoms with Crippen molar-refractivity contribution in [1.29, 1.82) is 0 Å². The Morgan fingerprint density at radius 3 is 1.35 bits per heavy atom. The van der Waals surface area contributed by atoms with Gasteiger partial charge in [-0.1, -0.05) is 205 Å². The Bertz CT molecular complexity index is 1890. The molecule has 482 valence electrons. The van der Waals surface area contributed by atoms with E-state index >= 15 is 0 Å². The monoisotopic (exact) mass is 1180 g/mol. The fourth-order valence-corrected chi connectivity index (χ4v) is 9.63. The number of carbonyl (C=O) groups excluding carboxylic acids is 5. The van der Waals surface area contributed by atoms with Crippen LogP contribution >= 0.6 is 0 Å². The van der Waals surface area contributed by atoms with E-state index in [1.54, 1.807) is 12.1 Å². The van der Waals surface area contributed by atoms with Crippen LogP contribution in [0.15, 0.2) is 54.7 Å². The zero-order valence-corrected chi connectivity index (χ0v) is 53.6. The molecule has 0 aromatic heterocycles. The summed E-state index contributed by atoms with van der Waals surface area (Å²) >= 11 is 0. The Morgan fingerprint density at radius 1 is 0.429 bits per heavy atom. The van der Waals surface area contributed by atoms with E-state index in [0.717, 1.165) is 179 Å². The van der Waals surface area contributed by atoms with Gasteiger partial charge in [-0.25, -0.2) is 9.59 Å². The Kier molecular flexibility index (Phi) is 51.7. The highest BCUT2D eigenvalue weighted by Gasteiger charge is 2.20. The van der Waals surface area contributed by atoms with E-state index in [2.05, 4.69) is 67.9 Å². The Hall–Kier alpha value is -4.69. The number of ether oxygens (including phenoxy) is 5. The zero-order chi connectivity index (χ0) is 61.4. The minimum atomic E-state index is -0.875. The van der Waals surface area contributed by atoms with E-state index in [4.69, 9.17) is 23.7 Å². The molecule has 2 amide bonds. The van der Waals surface area contributed by atoms with Crippen molar-refractivity contribution in [2.75, 3.05) is 30.5 Å². The Balaban J connectivity index is 2.53. The first-order chi connectivity index (χ1) is 40.9. The maximum absolute atomic E-state index is 13.0. The fraction of sp³-hybridized carbons (Fsp3) is 0.757. The smallest absolute Gasteiger partial charge is 0.411 e. The number of benzene rings is 1. The summed E-state index contributed by atoms with van der Waals surface area (Å²) in [5.41, 5.74) is 1.92. The predicted molar refractivity (Wildman–Crippen MR) is 343 cm³/mol. The number of anilines is 2. The molecule has 14 heteroatoms. The van der Waals surface area contributed by atoms with Crippen LogP contribution < -0.4 is 10.6 Å². The third kappa shape index (κ3) is 48.5. The van der Waals surface area contributed by atoms with Crippen LogP contribution in [0.4, 0.5) is 21.0 Å². The number of amides is 2. The first-order valence-corrected chi connectivity index (χ1v) is 33.7. The second-order valence-corrected chi connectivity index (χ2v) is 23.2. The molecule has 1 aromatic carbocycles. The number of rotatable bonds is 56. The molecule has 14 nitrogen and oxygen atoms in total. The summed E-state index contributed by atoms with van der Waals surface area (Å²) in [6.45, 7) is 10.5. The number of aryl methyl sites for hydroxylation is 1. The van der Waals surface area contributed by atoms with Gasteiger partial charge in [-0.3, -0.25) is 25.0 Å². The standard InChI is InChI=1S/C70H120N2O12/c1-6-10-14-35-44-61(73)46-37-29-23-17-20-26-32-41-50-66(75)81-57-64(83-68(77)52-43-34-28-21-18-24-30-38-47-62(74)45-36-15-11-7-2)58-82-67(76)51-42-33-27-22-19-25-31-40-49-63(48-39-16-12-8-3)84-70(79)71-60-54-53-59(5)65(56-60)72-69(78)80-55-13-9-4/h29-31,37-38,40,53-54,56,61-64,73-74H,6-28,32-36,39,41-52,55,57-58H2,1-5H3,(H,71,79)(H,72,78)/b37-29-,38-30-,40-31+. The van der Waals surface area contributed by atoms with E-state index < -0.39 is 24.3 Å². The molecule has 0 bridgehead atoms. The lowest BCUT2D eigenvalue weighted by molar-refractivity contribution is -0.167. The molecule has 4 N–H and O–H groups in total. The lowest BCUT2D eigenvalue weighted by Crippen LogP contribution is -2.30. The first-order valence-electron chi connectivity index (χ1n) is 33.7. The number of aliphatic hydroxyl groups is 2. The second-order valence-electron chi connectivity index (χ2n) is 23.2. The summed E-state index contributed by atoms with van der Waals surface area (Å²) in [5.74, 6) is -1.12. The van der Waals surface area contributed by atoms with Crippen molar-refractivity contribution >= 4 is 41.5 Å². The number of nitrogens with one attached hydrogen (secondary N) is 2. The van der Waals surface area contributed by atoms with Crippen LogP contribution in [0.2, 0.25) is 0 Å². The van der Waals surface area contributed by atoms with Crippen LogP contribution in [0, 0.1) is 6.92 Å². The van der Waals surface area contributed by atoms with Gasteiger partial charge in [0.2, 0.25) is 0 Å². The lowest BCUT2D eigenvalue weighted by atomic mass is 10.1. The molecule has 84 heavy (non-hydrogen) atoms. The van der Waals surface area contributed by atoms with Crippen molar-refractivity contribution in [2.45, 2.75) is 322 Å². The van der Waals surface area contributed by atoms with Crippen molar-refractivity contribution in [3.8, 4) is 0 Å². The van der Waals surface area contributed by atoms with Gasteiger partial charge in [0.15, 0.2) is 6.10 Å². The van der Waals surface area contributed by atoms with Crippen LogP contribution in [0.25, 0.3) is 0 Å². The second kappa shape index (κ2) is 56.1. The zero-order valence-electron chi connectivity index (χ0n) is 53.6. The molecule has 4 unspecified atom stereocenters. The van der Waals surface area contributed by atoms with E-state index in [9.17, 15) is 34.2 Å². The number of carbonyl (C=O) groups is 5. The van der Waals surface area contributed by atoms with Crippen molar-refractivity contribution in [1.82, 2.24) is 0 Å². The predicted octanol–water partition coefficient (Wildman–Crippen LogP) is 18.9. The Labute approximate surface area is 510 Å². The third-order valence-corrected chi connectivity index (χ3v) is 15.0. The average molecular weight is 1180 g/mol. The fourth-order valence-electron chi connectivity index (χ4n) is 9.63. The summed E-state index contributed by atoms with van der Waals surface area (Å²) in [7, 11) is 0. The van der Waals surface area contributed by atoms with E-state index in [1.165, 1.54) is 38.5 Å². The number of hydrogen-bond acceptors (Lipinski definition) is 12. The van der Waals surface area contributed by atoms with Gasteiger partial charge in [-0.2, -0.15) is 0 Å². The van der Waals surface area contributed by atoms with E-state index in [1.807, 2.05) is 19.9 Å². The molecule has 1 aromatic rings. The van der Waals surface area contributed by atoms with Crippen LogP contribution in [-0.2, 0) is 38.1 Å². The molecule has 0 aliphatic rings. The molecule has 0 heterocycles. The molecule has 0 saturated carbocycles.